The Morgan fingerprint density at radius 2 is 1.97 bits per heavy atom. The molecule has 3 aromatic rings. The van der Waals surface area contributed by atoms with Gasteiger partial charge in [0.1, 0.15) is 23.7 Å². The van der Waals surface area contributed by atoms with Crippen molar-refractivity contribution in [2.75, 3.05) is 25.5 Å². The SMILES string of the molecule is COc1cnc(C2CCN(C(=O)c3c(C)oc4ncnc(NC5(C)CC5)c34)CC2)nc1C. The van der Waals surface area contributed by atoms with Crippen molar-refractivity contribution in [1.29, 1.82) is 0 Å². The quantitative estimate of drug-likeness (QED) is 0.646. The van der Waals surface area contributed by atoms with Gasteiger partial charge in [0.15, 0.2) is 5.75 Å². The van der Waals surface area contributed by atoms with Crippen LogP contribution in [0.15, 0.2) is 16.9 Å². The van der Waals surface area contributed by atoms with Gasteiger partial charge in [0.2, 0.25) is 5.71 Å². The van der Waals surface area contributed by atoms with E-state index < -0.39 is 0 Å². The summed E-state index contributed by atoms with van der Waals surface area (Å²) in [5, 5.41) is 4.16. The molecule has 0 unspecified atom stereocenters. The van der Waals surface area contributed by atoms with Gasteiger partial charge < -0.3 is 19.4 Å². The molecule has 1 aliphatic carbocycles. The number of aromatic nitrogens is 4. The van der Waals surface area contributed by atoms with Crippen molar-refractivity contribution in [2.24, 2.45) is 0 Å². The predicted octanol–water partition coefficient (Wildman–Crippen LogP) is 3.62. The smallest absolute Gasteiger partial charge is 0.258 e. The third-order valence-corrected chi connectivity index (χ3v) is 6.62. The van der Waals surface area contributed by atoms with Crippen molar-refractivity contribution in [3.8, 4) is 5.75 Å². The van der Waals surface area contributed by atoms with E-state index in [4.69, 9.17) is 9.15 Å². The number of anilines is 1. The van der Waals surface area contributed by atoms with E-state index >= 15 is 0 Å². The zero-order valence-corrected chi connectivity index (χ0v) is 18.9. The van der Waals surface area contributed by atoms with Crippen LogP contribution >= 0.6 is 0 Å². The predicted molar refractivity (Wildman–Crippen MR) is 119 cm³/mol. The number of nitrogens with one attached hydrogen (secondary N) is 1. The molecule has 168 valence electrons. The van der Waals surface area contributed by atoms with Crippen LogP contribution in [0.1, 0.15) is 66.2 Å². The standard InChI is InChI=1S/C23H28N6O3/c1-13-16(31-4)11-24-19(27-13)15-5-9-29(10-6-15)22(30)17-14(2)32-21-18(17)20(25-12-26-21)28-23(3)7-8-23/h11-12,15H,5-10H2,1-4H3,(H,25,26,28). The minimum Gasteiger partial charge on any atom is -0.493 e. The molecule has 32 heavy (non-hydrogen) atoms. The number of rotatable bonds is 5. The Balaban J connectivity index is 1.36. The van der Waals surface area contributed by atoms with E-state index in [0.717, 1.165) is 37.2 Å². The van der Waals surface area contributed by atoms with Crippen LogP contribution in [0.2, 0.25) is 0 Å². The summed E-state index contributed by atoms with van der Waals surface area (Å²) in [5.41, 5.74) is 1.87. The number of methoxy groups -OCH3 is 1. The molecule has 0 atom stereocenters. The van der Waals surface area contributed by atoms with E-state index in [1.807, 2.05) is 18.7 Å². The Kier molecular flexibility index (Phi) is 4.98. The van der Waals surface area contributed by atoms with Crippen LogP contribution in [0.4, 0.5) is 5.82 Å². The molecular weight excluding hydrogens is 408 g/mol. The van der Waals surface area contributed by atoms with E-state index in [0.29, 0.717) is 47.1 Å². The Morgan fingerprint density at radius 1 is 1.22 bits per heavy atom. The number of fused-ring (bicyclic) bond motifs is 1. The van der Waals surface area contributed by atoms with Crippen molar-refractivity contribution in [3.05, 3.63) is 35.4 Å². The molecule has 3 aromatic heterocycles. The number of carbonyl (C=O) groups is 1. The van der Waals surface area contributed by atoms with Crippen molar-refractivity contribution in [1.82, 2.24) is 24.8 Å². The normalized spacial score (nSPS) is 18.1. The highest BCUT2D eigenvalue weighted by atomic mass is 16.5. The fourth-order valence-corrected chi connectivity index (χ4v) is 4.36. The maximum absolute atomic E-state index is 13.5. The second-order valence-corrected chi connectivity index (χ2v) is 9.07. The van der Waals surface area contributed by atoms with E-state index in [9.17, 15) is 4.79 Å². The number of piperidine rings is 1. The summed E-state index contributed by atoms with van der Waals surface area (Å²) in [7, 11) is 1.62. The van der Waals surface area contributed by atoms with Crippen molar-refractivity contribution < 1.29 is 13.9 Å². The molecular formula is C23H28N6O3. The molecule has 2 fully saturated rings. The molecule has 0 bridgehead atoms. The van der Waals surface area contributed by atoms with Crippen LogP contribution < -0.4 is 10.1 Å². The van der Waals surface area contributed by atoms with Gasteiger partial charge in [-0.25, -0.2) is 19.9 Å². The van der Waals surface area contributed by atoms with Gasteiger partial charge in [0.05, 0.1) is 30.0 Å². The minimum atomic E-state index is -0.0367. The molecule has 9 nitrogen and oxygen atoms in total. The van der Waals surface area contributed by atoms with Crippen molar-refractivity contribution in [3.63, 3.8) is 0 Å². The number of hydrogen-bond acceptors (Lipinski definition) is 8. The zero-order chi connectivity index (χ0) is 22.5. The maximum Gasteiger partial charge on any atom is 0.258 e. The monoisotopic (exact) mass is 436 g/mol. The Labute approximate surface area is 186 Å². The first-order valence-electron chi connectivity index (χ1n) is 11.1. The number of carbonyl (C=O) groups excluding carboxylic acids is 1. The van der Waals surface area contributed by atoms with Gasteiger partial charge in [-0.1, -0.05) is 0 Å². The average Bonchev–Trinajstić information content (AvgIpc) is 3.41. The van der Waals surface area contributed by atoms with E-state index in [1.165, 1.54) is 6.33 Å². The van der Waals surface area contributed by atoms with Crippen molar-refractivity contribution in [2.45, 2.75) is 57.9 Å². The molecule has 0 aromatic carbocycles. The largest absolute Gasteiger partial charge is 0.493 e. The van der Waals surface area contributed by atoms with Crippen molar-refractivity contribution >= 4 is 22.8 Å². The van der Waals surface area contributed by atoms with Crippen LogP contribution in [-0.4, -0.2) is 56.5 Å². The third kappa shape index (κ3) is 3.65. The highest BCUT2D eigenvalue weighted by Gasteiger charge is 2.39. The molecule has 5 rings (SSSR count). The lowest BCUT2D eigenvalue weighted by Crippen LogP contribution is -2.38. The van der Waals surface area contributed by atoms with Gasteiger partial charge >= 0.3 is 0 Å². The lowest BCUT2D eigenvalue weighted by atomic mass is 9.95. The minimum absolute atomic E-state index is 0.0294. The first-order chi connectivity index (χ1) is 15.4. The van der Waals surface area contributed by atoms with Gasteiger partial charge in [-0.15, -0.1) is 0 Å². The topological polar surface area (TPSA) is 106 Å². The Hall–Kier alpha value is -3.23. The number of furan rings is 1. The van der Waals surface area contributed by atoms with Crippen LogP contribution in [0, 0.1) is 13.8 Å². The number of amides is 1. The Morgan fingerprint density at radius 3 is 2.62 bits per heavy atom. The summed E-state index contributed by atoms with van der Waals surface area (Å²) in [4.78, 5) is 33.2. The molecule has 1 saturated heterocycles. The molecule has 1 amide bonds. The van der Waals surface area contributed by atoms with E-state index in [2.05, 4.69) is 32.2 Å². The average molecular weight is 437 g/mol. The lowest BCUT2D eigenvalue weighted by Gasteiger charge is -2.31. The molecule has 4 heterocycles. The second kappa shape index (κ2) is 7.72. The van der Waals surface area contributed by atoms with E-state index in [-0.39, 0.29) is 17.4 Å². The van der Waals surface area contributed by atoms with Gasteiger partial charge in [0, 0.05) is 24.5 Å². The van der Waals surface area contributed by atoms with Gasteiger partial charge in [-0.3, -0.25) is 4.79 Å². The third-order valence-electron chi connectivity index (χ3n) is 6.62. The summed E-state index contributed by atoms with van der Waals surface area (Å²) in [6.45, 7) is 7.17. The fraction of sp³-hybridized carbons (Fsp3) is 0.522. The number of aryl methyl sites for hydroxylation is 2. The highest BCUT2D eigenvalue weighted by Crippen LogP contribution is 2.40. The lowest BCUT2D eigenvalue weighted by molar-refractivity contribution is 0.0711. The summed E-state index contributed by atoms with van der Waals surface area (Å²) in [5.74, 6) is 2.94. The molecule has 1 aliphatic heterocycles. The summed E-state index contributed by atoms with van der Waals surface area (Å²) in [6, 6.07) is 0. The first-order valence-corrected chi connectivity index (χ1v) is 11.1. The summed E-state index contributed by atoms with van der Waals surface area (Å²) in [6.07, 6.45) is 7.00. The van der Waals surface area contributed by atoms with Crippen LogP contribution in [0.25, 0.3) is 11.1 Å². The van der Waals surface area contributed by atoms with Crippen LogP contribution in [0.3, 0.4) is 0 Å². The Bertz CT molecular complexity index is 1180. The molecule has 9 heteroatoms. The summed E-state index contributed by atoms with van der Waals surface area (Å²) < 4.78 is 11.1. The molecule has 1 saturated carbocycles. The highest BCUT2D eigenvalue weighted by molar-refractivity contribution is 6.10. The zero-order valence-electron chi connectivity index (χ0n) is 18.9. The molecule has 0 spiro atoms. The van der Waals surface area contributed by atoms with Gasteiger partial charge in [-0.2, -0.15) is 0 Å². The fourth-order valence-electron chi connectivity index (χ4n) is 4.36. The van der Waals surface area contributed by atoms with Gasteiger partial charge in [0.25, 0.3) is 5.91 Å². The first kappa shape index (κ1) is 20.7. The number of hydrogen-bond donors (Lipinski definition) is 1. The van der Waals surface area contributed by atoms with Crippen LogP contribution in [0.5, 0.6) is 5.75 Å². The number of ether oxygens (including phenoxy) is 1. The number of nitrogens with zero attached hydrogens (tertiary/aromatic N) is 5. The number of likely N-dealkylation sites (tertiary alicyclic amines) is 1. The van der Waals surface area contributed by atoms with Gasteiger partial charge in [-0.05, 0) is 46.5 Å². The molecule has 0 radical (unpaired) electrons. The summed E-state index contributed by atoms with van der Waals surface area (Å²) >= 11 is 0. The maximum atomic E-state index is 13.5. The van der Waals surface area contributed by atoms with Crippen LogP contribution in [-0.2, 0) is 0 Å². The second-order valence-electron chi connectivity index (χ2n) is 9.07. The molecule has 2 aliphatic rings. The molecule has 1 N–H and O–H groups in total. The van der Waals surface area contributed by atoms with E-state index in [1.54, 1.807) is 13.3 Å².